The van der Waals surface area contributed by atoms with Gasteiger partial charge in [0, 0.05) is 37.7 Å². The van der Waals surface area contributed by atoms with Gasteiger partial charge in [-0.05, 0) is 41.8 Å². The Morgan fingerprint density at radius 3 is 2.71 bits per heavy atom. The summed E-state index contributed by atoms with van der Waals surface area (Å²) >= 11 is 0. The van der Waals surface area contributed by atoms with Crippen LogP contribution >= 0.6 is 0 Å². The molecular weight excluding hydrogens is 262 g/mol. The highest BCUT2D eigenvalue weighted by molar-refractivity contribution is 5.78. The van der Waals surface area contributed by atoms with Crippen LogP contribution in [0.1, 0.15) is 11.1 Å². The molecule has 0 bridgehead atoms. The molecule has 2 heterocycles. The molecule has 21 heavy (non-hydrogen) atoms. The molecule has 0 aromatic heterocycles. The molecule has 2 aliphatic rings. The molecule has 1 saturated heterocycles. The molecule has 0 saturated carbocycles. The third-order valence-electron chi connectivity index (χ3n) is 4.08. The molecule has 4 nitrogen and oxygen atoms in total. The van der Waals surface area contributed by atoms with Gasteiger partial charge in [-0.1, -0.05) is 6.07 Å². The summed E-state index contributed by atoms with van der Waals surface area (Å²) in [7, 11) is 2.12. The van der Waals surface area contributed by atoms with E-state index in [9.17, 15) is 0 Å². The number of allylic oxidation sites excluding steroid dienone is 2. The van der Waals surface area contributed by atoms with Crippen molar-refractivity contribution in [3.63, 3.8) is 0 Å². The van der Waals surface area contributed by atoms with Crippen LogP contribution in [0.25, 0.3) is 5.57 Å². The highest BCUT2D eigenvalue weighted by Gasteiger charge is 2.19. The Morgan fingerprint density at radius 1 is 1.19 bits per heavy atom. The summed E-state index contributed by atoms with van der Waals surface area (Å²) in [5.41, 5.74) is 11.8. The number of morpholine rings is 1. The summed E-state index contributed by atoms with van der Waals surface area (Å²) < 4.78 is 5.45. The van der Waals surface area contributed by atoms with Gasteiger partial charge in [0.2, 0.25) is 0 Å². The van der Waals surface area contributed by atoms with Crippen molar-refractivity contribution < 1.29 is 4.74 Å². The zero-order valence-corrected chi connectivity index (χ0v) is 12.8. The van der Waals surface area contributed by atoms with E-state index in [0.29, 0.717) is 0 Å². The van der Waals surface area contributed by atoms with Gasteiger partial charge < -0.3 is 20.3 Å². The van der Waals surface area contributed by atoms with E-state index in [1.807, 2.05) is 6.07 Å². The number of aryl methyl sites for hydroxylation is 1. The van der Waals surface area contributed by atoms with E-state index in [0.717, 1.165) is 38.5 Å². The van der Waals surface area contributed by atoms with Crippen molar-refractivity contribution in [1.82, 2.24) is 9.80 Å². The van der Waals surface area contributed by atoms with Crippen LogP contribution in [0.4, 0.5) is 5.69 Å². The number of rotatable bonds is 2. The van der Waals surface area contributed by atoms with Crippen molar-refractivity contribution in [2.45, 2.75) is 6.92 Å². The number of ether oxygens (including phenoxy) is 1. The molecule has 1 fully saturated rings. The highest BCUT2D eigenvalue weighted by atomic mass is 16.5. The quantitative estimate of drug-likeness (QED) is 0.845. The topological polar surface area (TPSA) is 41.7 Å². The van der Waals surface area contributed by atoms with E-state index in [1.54, 1.807) is 0 Å². The van der Waals surface area contributed by atoms with Crippen LogP contribution in [0, 0.1) is 6.92 Å². The van der Waals surface area contributed by atoms with Crippen molar-refractivity contribution in [2.24, 2.45) is 0 Å². The van der Waals surface area contributed by atoms with Gasteiger partial charge in [-0.3, -0.25) is 0 Å². The van der Waals surface area contributed by atoms with Crippen molar-refractivity contribution in [2.75, 3.05) is 45.6 Å². The fourth-order valence-corrected chi connectivity index (χ4v) is 2.94. The molecular formula is C17H23N3O. The lowest BCUT2D eigenvalue weighted by Crippen LogP contribution is -2.39. The molecule has 1 aromatic rings. The van der Waals surface area contributed by atoms with E-state index in [-0.39, 0.29) is 0 Å². The minimum Gasteiger partial charge on any atom is -0.399 e. The Labute approximate surface area is 126 Å². The number of nitrogen functional groups attached to an aromatic ring is 1. The lowest BCUT2D eigenvalue weighted by molar-refractivity contribution is 0.0510. The third kappa shape index (κ3) is 3.05. The predicted octanol–water partition coefficient (Wildman–Crippen LogP) is 2.08. The lowest BCUT2D eigenvalue weighted by Gasteiger charge is -2.35. The zero-order chi connectivity index (χ0) is 14.8. The minimum absolute atomic E-state index is 0.811. The summed E-state index contributed by atoms with van der Waals surface area (Å²) in [6.45, 7) is 6.66. The monoisotopic (exact) mass is 285 g/mol. The van der Waals surface area contributed by atoms with Gasteiger partial charge in [0.15, 0.2) is 0 Å². The average Bonchev–Trinajstić information content (AvgIpc) is 2.50. The Balaban J connectivity index is 1.93. The van der Waals surface area contributed by atoms with Gasteiger partial charge in [0.25, 0.3) is 0 Å². The number of anilines is 1. The Bertz CT molecular complexity index is 586. The van der Waals surface area contributed by atoms with E-state index in [1.165, 1.54) is 22.4 Å². The van der Waals surface area contributed by atoms with Crippen molar-refractivity contribution in [1.29, 1.82) is 0 Å². The summed E-state index contributed by atoms with van der Waals surface area (Å²) in [5, 5.41) is 0. The summed E-state index contributed by atoms with van der Waals surface area (Å²) in [6, 6.07) is 6.11. The summed E-state index contributed by atoms with van der Waals surface area (Å²) in [4.78, 5) is 4.66. The first-order valence-corrected chi connectivity index (χ1v) is 7.45. The number of hydrogen-bond donors (Lipinski definition) is 1. The molecule has 0 unspecified atom stereocenters. The third-order valence-corrected chi connectivity index (χ3v) is 4.08. The number of nitrogens with zero attached hydrogens (tertiary/aromatic N) is 2. The maximum Gasteiger partial charge on any atom is 0.0642 e. The van der Waals surface area contributed by atoms with Crippen LogP contribution in [0.2, 0.25) is 0 Å². The van der Waals surface area contributed by atoms with Crippen LogP contribution in [0.3, 0.4) is 0 Å². The van der Waals surface area contributed by atoms with E-state index in [4.69, 9.17) is 10.5 Å². The largest absolute Gasteiger partial charge is 0.399 e. The molecule has 2 N–H and O–H groups in total. The zero-order valence-electron chi connectivity index (χ0n) is 12.8. The molecule has 4 heteroatoms. The van der Waals surface area contributed by atoms with Gasteiger partial charge in [-0.15, -0.1) is 0 Å². The molecule has 1 aromatic carbocycles. The molecule has 3 rings (SSSR count). The molecule has 0 radical (unpaired) electrons. The normalized spacial score (nSPS) is 19.3. The number of nitrogens with two attached hydrogens (primary N) is 1. The first-order chi connectivity index (χ1) is 10.1. The molecule has 0 aliphatic carbocycles. The van der Waals surface area contributed by atoms with Crippen molar-refractivity contribution in [3.8, 4) is 0 Å². The Hall–Kier alpha value is -1.94. The van der Waals surface area contributed by atoms with Crippen LogP contribution in [-0.4, -0.2) is 49.7 Å². The van der Waals surface area contributed by atoms with Gasteiger partial charge in [0.05, 0.1) is 19.8 Å². The molecule has 0 atom stereocenters. The second-order valence-electron chi connectivity index (χ2n) is 5.81. The number of likely N-dealkylation sites (N-methyl/N-ethyl adjacent to an activating group) is 1. The highest BCUT2D eigenvalue weighted by Crippen LogP contribution is 2.28. The SMILES string of the molecule is Cc1ccc(N)cc1C1=CN(C)CC(N2CCOCC2)=C1. The number of benzene rings is 1. The minimum atomic E-state index is 0.811. The number of hydrogen-bond acceptors (Lipinski definition) is 4. The van der Waals surface area contributed by atoms with E-state index >= 15 is 0 Å². The van der Waals surface area contributed by atoms with Crippen LogP contribution in [0.5, 0.6) is 0 Å². The molecule has 112 valence electrons. The standard InChI is InChI=1S/C17H23N3O/c1-13-3-4-15(18)10-17(13)14-9-16(12-19(2)11-14)20-5-7-21-8-6-20/h3-4,9-11H,5-8,12,18H2,1-2H3. The average molecular weight is 285 g/mol. The first-order valence-electron chi connectivity index (χ1n) is 7.45. The van der Waals surface area contributed by atoms with Crippen LogP contribution < -0.4 is 5.73 Å². The molecule has 0 spiro atoms. The van der Waals surface area contributed by atoms with E-state index < -0.39 is 0 Å². The van der Waals surface area contributed by atoms with Gasteiger partial charge in [-0.2, -0.15) is 0 Å². The maximum absolute atomic E-state index is 5.96. The first kappa shape index (κ1) is 14.0. The van der Waals surface area contributed by atoms with Crippen LogP contribution in [0.15, 0.2) is 36.2 Å². The lowest BCUT2D eigenvalue weighted by atomic mass is 9.97. The smallest absolute Gasteiger partial charge is 0.0642 e. The van der Waals surface area contributed by atoms with Crippen LogP contribution in [-0.2, 0) is 4.74 Å². The van der Waals surface area contributed by atoms with Gasteiger partial charge in [0.1, 0.15) is 0 Å². The molecule has 0 amide bonds. The molecule has 2 aliphatic heterocycles. The van der Waals surface area contributed by atoms with Crippen molar-refractivity contribution in [3.05, 3.63) is 47.3 Å². The Morgan fingerprint density at radius 2 is 1.95 bits per heavy atom. The second kappa shape index (κ2) is 5.82. The van der Waals surface area contributed by atoms with E-state index in [2.05, 4.69) is 48.2 Å². The van der Waals surface area contributed by atoms with Crippen molar-refractivity contribution >= 4 is 11.3 Å². The summed E-state index contributed by atoms with van der Waals surface area (Å²) in [6.07, 6.45) is 4.50. The maximum atomic E-state index is 5.96. The predicted molar refractivity (Wildman–Crippen MR) is 86.7 cm³/mol. The van der Waals surface area contributed by atoms with Gasteiger partial charge >= 0.3 is 0 Å². The second-order valence-corrected chi connectivity index (χ2v) is 5.81. The van der Waals surface area contributed by atoms with Gasteiger partial charge in [-0.25, -0.2) is 0 Å². The fraction of sp³-hybridized carbons (Fsp3) is 0.412. The summed E-state index contributed by atoms with van der Waals surface area (Å²) in [5.74, 6) is 0. The Kier molecular flexibility index (Phi) is 3.88. The fourth-order valence-electron chi connectivity index (χ4n) is 2.94.